The summed E-state index contributed by atoms with van der Waals surface area (Å²) in [6, 6.07) is 11.8. The molecule has 0 aliphatic heterocycles. The SMILES string of the molecule is Cc1ccc(OCc2csc3ccccc23)c(C=O)n1. The van der Waals surface area contributed by atoms with Gasteiger partial charge in [-0.15, -0.1) is 11.3 Å². The minimum absolute atomic E-state index is 0.351. The molecule has 3 aromatic rings. The van der Waals surface area contributed by atoms with Gasteiger partial charge in [-0.2, -0.15) is 0 Å². The van der Waals surface area contributed by atoms with Gasteiger partial charge in [0.15, 0.2) is 6.29 Å². The molecule has 1 aromatic carbocycles. The first-order valence-electron chi connectivity index (χ1n) is 6.28. The highest BCUT2D eigenvalue weighted by atomic mass is 32.1. The summed E-state index contributed by atoms with van der Waals surface area (Å²) in [4.78, 5) is 15.2. The van der Waals surface area contributed by atoms with Crippen LogP contribution in [0.1, 0.15) is 21.7 Å². The molecule has 3 nitrogen and oxygen atoms in total. The molecule has 0 aliphatic rings. The molecule has 0 bridgehead atoms. The van der Waals surface area contributed by atoms with E-state index >= 15 is 0 Å². The summed E-state index contributed by atoms with van der Waals surface area (Å²) in [5.41, 5.74) is 2.29. The van der Waals surface area contributed by atoms with Crippen LogP contribution in [0.5, 0.6) is 5.75 Å². The molecule has 0 aliphatic carbocycles. The van der Waals surface area contributed by atoms with Crippen LogP contribution in [0.3, 0.4) is 0 Å². The van der Waals surface area contributed by atoms with Gasteiger partial charge in [-0.3, -0.25) is 4.79 Å². The molecule has 0 fully saturated rings. The van der Waals surface area contributed by atoms with E-state index in [0.717, 1.165) is 17.5 Å². The highest BCUT2D eigenvalue weighted by molar-refractivity contribution is 7.17. The molecule has 0 radical (unpaired) electrons. The quantitative estimate of drug-likeness (QED) is 0.679. The maximum atomic E-state index is 11.0. The summed E-state index contributed by atoms with van der Waals surface area (Å²) in [6.45, 7) is 2.29. The Bertz CT molecular complexity index is 764. The fourth-order valence-corrected chi connectivity index (χ4v) is 3.02. The van der Waals surface area contributed by atoms with E-state index in [-0.39, 0.29) is 0 Å². The zero-order valence-electron chi connectivity index (χ0n) is 11.0. The number of aldehydes is 1. The molecule has 0 amide bonds. The minimum Gasteiger partial charge on any atom is -0.486 e. The summed E-state index contributed by atoms with van der Waals surface area (Å²) in [6.07, 6.45) is 0.730. The Hall–Kier alpha value is -2.20. The maximum Gasteiger partial charge on any atom is 0.172 e. The average Bonchev–Trinajstić information content (AvgIpc) is 2.89. The third kappa shape index (κ3) is 2.42. The van der Waals surface area contributed by atoms with Gasteiger partial charge in [0.25, 0.3) is 0 Å². The topological polar surface area (TPSA) is 39.2 Å². The van der Waals surface area contributed by atoms with Crippen molar-refractivity contribution >= 4 is 27.7 Å². The molecule has 2 heterocycles. The maximum absolute atomic E-state index is 11.0. The first-order chi connectivity index (χ1) is 9.78. The normalized spacial score (nSPS) is 10.7. The van der Waals surface area contributed by atoms with Gasteiger partial charge < -0.3 is 4.74 Å². The Kier molecular flexibility index (Phi) is 3.48. The number of carbonyl (C=O) groups excluding carboxylic acids is 1. The molecule has 0 N–H and O–H groups in total. The van der Waals surface area contributed by atoms with Gasteiger partial charge in [0.05, 0.1) is 0 Å². The molecule has 0 unspecified atom stereocenters. The molecular formula is C16H13NO2S. The lowest BCUT2D eigenvalue weighted by Gasteiger charge is -2.07. The summed E-state index contributed by atoms with van der Waals surface area (Å²) in [5.74, 6) is 0.529. The smallest absolute Gasteiger partial charge is 0.172 e. The average molecular weight is 283 g/mol. The van der Waals surface area contributed by atoms with Crippen LogP contribution in [0.25, 0.3) is 10.1 Å². The van der Waals surface area contributed by atoms with Crippen LogP contribution in [-0.4, -0.2) is 11.3 Å². The molecule has 0 atom stereocenters. The molecular weight excluding hydrogens is 270 g/mol. The van der Waals surface area contributed by atoms with E-state index in [2.05, 4.69) is 22.5 Å². The highest BCUT2D eigenvalue weighted by Crippen LogP contribution is 2.27. The van der Waals surface area contributed by atoms with Gasteiger partial charge in [0, 0.05) is 16.0 Å². The number of thiophene rings is 1. The standard InChI is InChI=1S/C16H13NO2S/c1-11-6-7-15(14(8-18)17-11)19-9-12-10-20-16-5-3-2-4-13(12)16/h2-8,10H,9H2,1H3. The second-order valence-corrected chi connectivity index (χ2v) is 5.41. The summed E-state index contributed by atoms with van der Waals surface area (Å²) in [7, 11) is 0. The van der Waals surface area contributed by atoms with Crippen molar-refractivity contribution in [3.05, 3.63) is 58.7 Å². The molecule has 100 valence electrons. The number of ether oxygens (including phenoxy) is 1. The number of rotatable bonds is 4. The van der Waals surface area contributed by atoms with Crippen LogP contribution in [0.2, 0.25) is 0 Å². The fraction of sp³-hybridized carbons (Fsp3) is 0.125. The number of nitrogens with zero attached hydrogens (tertiary/aromatic N) is 1. The first kappa shape index (κ1) is 12.8. The van der Waals surface area contributed by atoms with Crippen molar-refractivity contribution < 1.29 is 9.53 Å². The Balaban J connectivity index is 1.85. The lowest BCUT2D eigenvalue weighted by molar-refractivity contribution is 0.111. The number of carbonyl (C=O) groups is 1. The molecule has 0 spiro atoms. The van der Waals surface area contributed by atoms with Crippen LogP contribution in [0.4, 0.5) is 0 Å². The third-order valence-electron chi connectivity index (χ3n) is 3.08. The summed E-state index contributed by atoms with van der Waals surface area (Å²) < 4.78 is 6.99. The van der Waals surface area contributed by atoms with Crippen LogP contribution in [0.15, 0.2) is 41.8 Å². The molecule has 0 saturated carbocycles. The lowest BCUT2D eigenvalue weighted by atomic mass is 10.2. The van der Waals surface area contributed by atoms with Crippen molar-refractivity contribution in [2.24, 2.45) is 0 Å². The Morgan fingerprint density at radius 3 is 2.95 bits per heavy atom. The predicted molar refractivity (Wildman–Crippen MR) is 80.5 cm³/mol. The predicted octanol–water partition coefficient (Wildman–Crippen LogP) is 4.00. The lowest BCUT2D eigenvalue weighted by Crippen LogP contribution is -2.00. The number of benzene rings is 1. The zero-order valence-corrected chi connectivity index (χ0v) is 11.8. The van der Waals surface area contributed by atoms with Crippen molar-refractivity contribution in [3.8, 4) is 5.75 Å². The Morgan fingerprint density at radius 1 is 1.25 bits per heavy atom. The first-order valence-corrected chi connectivity index (χ1v) is 7.16. The molecule has 0 saturated heterocycles. The van der Waals surface area contributed by atoms with Crippen molar-refractivity contribution in [2.75, 3.05) is 0 Å². The molecule has 20 heavy (non-hydrogen) atoms. The second kappa shape index (κ2) is 5.43. The van der Waals surface area contributed by atoms with Gasteiger partial charge in [0.1, 0.15) is 18.1 Å². The molecule has 4 heteroatoms. The van der Waals surface area contributed by atoms with E-state index in [9.17, 15) is 4.79 Å². The van der Waals surface area contributed by atoms with Crippen LogP contribution < -0.4 is 4.74 Å². The minimum atomic E-state index is 0.351. The monoisotopic (exact) mass is 283 g/mol. The largest absolute Gasteiger partial charge is 0.486 e. The highest BCUT2D eigenvalue weighted by Gasteiger charge is 2.08. The number of aryl methyl sites for hydroxylation is 1. The van der Waals surface area contributed by atoms with Gasteiger partial charge in [-0.25, -0.2) is 4.98 Å². The Morgan fingerprint density at radius 2 is 2.10 bits per heavy atom. The van der Waals surface area contributed by atoms with Gasteiger partial charge >= 0.3 is 0 Å². The van der Waals surface area contributed by atoms with Gasteiger partial charge in [-0.05, 0) is 35.9 Å². The zero-order chi connectivity index (χ0) is 13.9. The number of hydrogen-bond donors (Lipinski definition) is 0. The van der Waals surface area contributed by atoms with Crippen LogP contribution in [0, 0.1) is 6.92 Å². The van der Waals surface area contributed by atoms with E-state index in [1.807, 2.05) is 25.1 Å². The summed E-state index contributed by atoms with van der Waals surface area (Å²) in [5, 5.41) is 3.29. The number of aromatic nitrogens is 1. The fourth-order valence-electron chi connectivity index (χ4n) is 2.07. The van der Waals surface area contributed by atoms with Crippen molar-refractivity contribution in [1.82, 2.24) is 4.98 Å². The van der Waals surface area contributed by atoms with E-state index in [0.29, 0.717) is 18.1 Å². The second-order valence-electron chi connectivity index (χ2n) is 4.50. The third-order valence-corrected chi connectivity index (χ3v) is 4.09. The molecule has 3 rings (SSSR count). The molecule has 2 aromatic heterocycles. The number of pyridine rings is 1. The van der Waals surface area contributed by atoms with Crippen molar-refractivity contribution in [3.63, 3.8) is 0 Å². The number of hydrogen-bond acceptors (Lipinski definition) is 4. The summed E-state index contributed by atoms with van der Waals surface area (Å²) >= 11 is 1.70. The van der Waals surface area contributed by atoms with Gasteiger partial charge in [-0.1, -0.05) is 18.2 Å². The van der Waals surface area contributed by atoms with Crippen LogP contribution >= 0.6 is 11.3 Å². The van der Waals surface area contributed by atoms with Crippen molar-refractivity contribution in [1.29, 1.82) is 0 Å². The van der Waals surface area contributed by atoms with E-state index in [4.69, 9.17) is 4.74 Å². The van der Waals surface area contributed by atoms with Crippen LogP contribution in [-0.2, 0) is 6.61 Å². The number of fused-ring (bicyclic) bond motifs is 1. The van der Waals surface area contributed by atoms with Gasteiger partial charge in [0.2, 0.25) is 0 Å². The van der Waals surface area contributed by atoms with E-state index in [1.165, 1.54) is 10.1 Å². The Labute approximate surface area is 120 Å². The van der Waals surface area contributed by atoms with E-state index in [1.54, 1.807) is 17.4 Å². The van der Waals surface area contributed by atoms with E-state index < -0.39 is 0 Å². The van der Waals surface area contributed by atoms with Crippen molar-refractivity contribution in [2.45, 2.75) is 13.5 Å².